The molecule has 3 aromatic rings. The van der Waals surface area contributed by atoms with E-state index in [1.807, 2.05) is 18.2 Å². The largest absolute Gasteiger partial charge is 0.465 e. The predicted octanol–water partition coefficient (Wildman–Crippen LogP) is 5.09. The Labute approximate surface area is 171 Å². The minimum absolute atomic E-state index is 0.363. The first-order valence-corrected chi connectivity index (χ1v) is 10.3. The third-order valence-corrected chi connectivity index (χ3v) is 5.69. The van der Waals surface area contributed by atoms with Gasteiger partial charge in [-0.3, -0.25) is 0 Å². The van der Waals surface area contributed by atoms with E-state index in [0.717, 1.165) is 5.56 Å². The van der Waals surface area contributed by atoms with Crippen LogP contribution in [0.2, 0.25) is 0 Å². The molecule has 29 heavy (non-hydrogen) atoms. The van der Waals surface area contributed by atoms with Crippen molar-refractivity contribution in [2.75, 3.05) is 7.11 Å². The van der Waals surface area contributed by atoms with Crippen LogP contribution in [-0.2, 0) is 17.6 Å². The highest BCUT2D eigenvalue weighted by Gasteiger charge is 2.16. The lowest BCUT2D eigenvalue weighted by atomic mass is 9.84. The second-order valence-corrected chi connectivity index (χ2v) is 7.68. The average Bonchev–Trinajstić information content (AvgIpc) is 3.21. The lowest BCUT2D eigenvalue weighted by Crippen LogP contribution is -2.06. The van der Waals surface area contributed by atoms with Gasteiger partial charge in [0.2, 0.25) is 5.89 Å². The van der Waals surface area contributed by atoms with E-state index in [1.54, 1.807) is 6.07 Å². The number of ether oxygens (including phenoxy) is 1. The number of carbonyl (C=O) groups is 1. The number of carbonyl (C=O) groups excluding carboxylic acids is 1. The van der Waals surface area contributed by atoms with Crippen molar-refractivity contribution in [3.63, 3.8) is 0 Å². The molecule has 2 aromatic carbocycles. The van der Waals surface area contributed by atoms with Crippen LogP contribution in [0.4, 0.5) is 0 Å². The standard InChI is InChI=1S/C24H26N2O3/c1-28-24(27)21-10-6-5-9-20(21)16-23-25-22(26-29-23)15-17-11-13-19(14-12-17)18-7-3-2-4-8-18/h5-6,9-14,18H,2-4,7-8,15-16H2,1H3. The fourth-order valence-electron chi connectivity index (χ4n) is 4.11. The van der Waals surface area contributed by atoms with Gasteiger partial charge in [-0.15, -0.1) is 0 Å². The van der Waals surface area contributed by atoms with Gasteiger partial charge in [-0.2, -0.15) is 4.98 Å². The van der Waals surface area contributed by atoms with Crippen LogP contribution in [0.3, 0.4) is 0 Å². The maximum atomic E-state index is 11.9. The topological polar surface area (TPSA) is 65.2 Å². The molecular formula is C24H26N2O3. The first kappa shape index (κ1) is 19.4. The summed E-state index contributed by atoms with van der Waals surface area (Å²) < 4.78 is 10.3. The SMILES string of the molecule is COC(=O)c1ccccc1Cc1nc(Cc2ccc(C3CCCCC3)cc2)no1. The summed E-state index contributed by atoms with van der Waals surface area (Å²) in [5.41, 5.74) is 3.95. The zero-order chi connectivity index (χ0) is 20.1. The van der Waals surface area contributed by atoms with E-state index in [9.17, 15) is 4.79 Å². The molecule has 1 saturated carbocycles. The average molecular weight is 390 g/mol. The van der Waals surface area contributed by atoms with Crippen molar-refractivity contribution in [2.45, 2.75) is 50.9 Å². The number of hydrogen-bond acceptors (Lipinski definition) is 5. The van der Waals surface area contributed by atoms with Gasteiger partial charge in [-0.05, 0) is 41.5 Å². The number of methoxy groups -OCH3 is 1. The smallest absolute Gasteiger partial charge is 0.338 e. The Balaban J connectivity index is 1.41. The Morgan fingerprint density at radius 2 is 1.79 bits per heavy atom. The molecular weight excluding hydrogens is 364 g/mol. The van der Waals surface area contributed by atoms with Crippen molar-refractivity contribution in [3.8, 4) is 0 Å². The Hall–Kier alpha value is -2.95. The van der Waals surface area contributed by atoms with Gasteiger partial charge in [0.25, 0.3) is 0 Å². The molecule has 1 aliphatic carbocycles. The van der Waals surface area contributed by atoms with Crippen LogP contribution in [0.1, 0.15) is 76.8 Å². The third-order valence-electron chi connectivity index (χ3n) is 5.69. The highest BCUT2D eigenvalue weighted by atomic mass is 16.5. The van der Waals surface area contributed by atoms with Gasteiger partial charge in [0.15, 0.2) is 5.82 Å². The van der Waals surface area contributed by atoms with E-state index in [-0.39, 0.29) is 5.97 Å². The Morgan fingerprint density at radius 3 is 2.55 bits per heavy atom. The zero-order valence-corrected chi connectivity index (χ0v) is 16.8. The molecule has 1 aliphatic rings. The van der Waals surface area contributed by atoms with E-state index >= 15 is 0 Å². The van der Waals surface area contributed by atoms with Gasteiger partial charge < -0.3 is 9.26 Å². The second-order valence-electron chi connectivity index (χ2n) is 7.68. The van der Waals surface area contributed by atoms with Crippen LogP contribution in [0.5, 0.6) is 0 Å². The van der Waals surface area contributed by atoms with E-state index in [0.29, 0.717) is 36.0 Å². The van der Waals surface area contributed by atoms with Crippen molar-refractivity contribution in [1.29, 1.82) is 0 Å². The lowest BCUT2D eigenvalue weighted by Gasteiger charge is -2.22. The number of hydrogen-bond donors (Lipinski definition) is 0. The molecule has 0 spiro atoms. The maximum Gasteiger partial charge on any atom is 0.338 e. The molecule has 0 bridgehead atoms. The second kappa shape index (κ2) is 9.03. The summed E-state index contributed by atoms with van der Waals surface area (Å²) in [5.74, 6) is 1.50. The molecule has 150 valence electrons. The fourth-order valence-corrected chi connectivity index (χ4v) is 4.11. The van der Waals surface area contributed by atoms with Crippen LogP contribution >= 0.6 is 0 Å². The number of esters is 1. The van der Waals surface area contributed by atoms with Crippen molar-refractivity contribution in [2.24, 2.45) is 0 Å². The van der Waals surface area contributed by atoms with E-state index in [2.05, 4.69) is 34.4 Å². The van der Waals surface area contributed by atoms with Gasteiger partial charge in [0, 0.05) is 6.42 Å². The number of aromatic nitrogens is 2. The quantitative estimate of drug-likeness (QED) is 0.549. The molecule has 0 N–H and O–H groups in total. The summed E-state index contributed by atoms with van der Waals surface area (Å²) in [4.78, 5) is 16.4. The van der Waals surface area contributed by atoms with Gasteiger partial charge >= 0.3 is 5.97 Å². The van der Waals surface area contributed by atoms with Gasteiger partial charge in [0.1, 0.15) is 0 Å². The fraction of sp³-hybridized carbons (Fsp3) is 0.375. The first-order valence-electron chi connectivity index (χ1n) is 10.3. The summed E-state index contributed by atoms with van der Waals surface area (Å²) in [7, 11) is 1.38. The highest BCUT2D eigenvalue weighted by Crippen LogP contribution is 2.32. The van der Waals surface area contributed by atoms with Gasteiger partial charge in [0.05, 0.1) is 19.1 Å². The third kappa shape index (κ3) is 4.73. The normalized spacial score (nSPS) is 14.7. The van der Waals surface area contributed by atoms with Crippen LogP contribution in [0, 0.1) is 0 Å². The van der Waals surface area contributed by atoms with Gasteiger partial charge in [-0.1, -0.05) is 66.9 Å². The molecule has 0 amide bonds. The number of benzene rings is 2. The van der Waals surface area contributed by atoms with E-state index in [4.69, 9.17) is 9.26 Å². The maximum absolute atomic E-state index is 11.9. The highest BCUT2D eigenvalue weighted by molar-refractivity contribution is 5.91. The summed E-state index contributed by atoms with van der Waals surface area (Å²) in [5, 5.41) is 4.11. The molecule has 1 aromatic heterocycles. The molecule has 0 aliphatic heterocycles. The first-order chi connectivity index (χ1) is 14.2. The van der Waals surface area contributed by atoms with Crippen molar-refractivity contribution in [1.82, 2.24) is 10.1 Å². The molecule has 5 nitrogen and oxygen atoms in total. The van der Waals surface area contributed by atoms with Crippen molar-refractivity contribution >= 4 is 5.97 Å². The Morgan fingerprint density at radius 1 is 1.03 bits per heavy atom. The minimum atomic E-state index is -0.363. The van der Waals surface area contributed by atoms with Gasteiger partial charge in [-0.25, -0.2) is 4.79 Å². The number of rotatable bonds is 6. The monoisotopic (exact) mass is 390 g/mol. The molecule has 0 unspecified atom stereocenters. The predicted molar refractivity (Wildman–Crippen MR) is 110 cm³/mol. The molecule has 1 heterocycles. The Bertz CT molecular complexity index is 956. The lowest BCUT2D eigenvalue weighted by molar-refractivity contribution is 0.0599. The minimum Gasteiger partial charge on any atom is -0.465 e. The molecule has 0 atom stereocenters. The van der Waals surface area contributed by atoms with Crippen LogP contribution < -0.4 is 0 Å². The molecule has 5 heteroatoms. The summed E-state index contributed by atoms with van der Waals surface area (Å²) in [6.07, 6.45) is 7.71. The summed E-state index contributed by atoms with van der Waals surface area (Å²) in [6.45, 7) is 0. The summed E-state index contributed by atoms with van der Waals surface area (Å²) >= 11 is 0. The van der Waals surface area contributed by atoms with Crippen molar-refractivity contribution < 1.29 is 14.1 Å². The zero-order valence-electron chi connectivity index (χ0n) is 16.8. The van der Waals surface area contributed by atoms with Crippen LogP contribution in [0.15, 0.2) is 53.1 Å². The molecule has 4 rings (SSSR count). The number of nitrogens with zero attached hydrogens (tertiary/aromatic N) is 2. The van der Waals surface area contributed by atoms with Crippen LogP contribution in [0.25, 0.3) is 0 Å². The summed E-state index contributed by atoms with van der Waals surface area (Å²) in [6, 6.07) is 16.2. The van der Waals surface area contributed by atoms with E-state index < -0.39 is 0 Å². The molecule has 0 radical (unpaired) electrons. The Kier molecular flexibility index (Phi) is 6.03. The molecule has 1 fully saturated rings. The van der Waals surface area contributed by atoms with E-state index in [1.165, 1.54) is 50.3 Å². The van der Waals surface area contributed by atoms with Crippen molar-refractivity contribution in [3.05, 3.63) is 82.5 Å². The van der Waals surface area contributed by atoms with Crippen LogP contribution in [-0.4, -0.2) is 23.2 Å². The molecule has 0 saturated heterocycles.